The average molecular weight is 207 g/mol. The molecule has 1 aromatic rings. The first-order valence-electron chi connectivity index (χ1n) is 4.57. The molecule has 80 valence electrons. The molecule has 0 spiro atoms. The first-order chi connectivity index (χ1) is 7.02. The summed E-state index contributed by atoms with van der Waals surface area (Å²) in [6, 6.07) is 2.78. The Morgan fingerprint density at radius 1 is 1.60 bits per heavy atom. The zero-order valence-corrected chi connectivity index (χ0v) is 8.74. The number of aromatic amines is 1. The third-order valence-corrected chi connectivity index (χ3v) is 1.84. The monoisotopic (exact) mass is 207 g/mol. The van der Waals surface area contributed by atoms with Crippen LogP contribution < -0.4 is 5.56 Å². The molecule has 1 atom stereocenters. The third-order valence-electron chi connectivity index (χ3n) is 1.84. The molecule has 0 bridgehead atoms. The van der Waals surface area contributed by atoms with Crippen LogP contribution in [0.2, 0.25) is 0 Å². The Labute approximate surface area is 87.6 Å². The third kappa shape index (κ3) is 3.09. The predicted octanol–water partition coefficient (Wildman–Crippen LogP) is 1.41. The van der Waals surface area contributed by atoms with Gasteiger partial charge in [-0.3, -0.25) is 4.79 Å². The molecule has 0 fully saturated rings. The minimum Gasteiger partial charge on any atom is -0.455 e. The molecule has 0 radical (unpaired) electrons. The molecule has 0 amide bonds. The Balaban J connectivity index is 2.91. The SMILES string of the molecule is C=C[C@@H](C)OC(=O)c1cc(C)[nH]c(=O)c1. The van der Waals surface area contributed by atoms with E-state index in [1.54, 1.807) is 19.9 Å². The topological polar surface area (TPSA) is 59.2 Å². The molecule has 4 heteroatoms. The molecule has 0 aromatic carbocycles. The summed E-state index contributed by atoms with van der Waals surface area (Å²) in [5.74, 6) is -0.517. The van der Waals surface area contributed by atoms with Crippen molar-refractivity contribution in [2.24, 2.45) is 0 Å². The largest absolute Gasteiger partial charge is 0.455 e. The van der Waals surface area contributed by atoms with E-state index >= 15 is 0 Å². The Hall–Kier alpha value is -1.84. The molecule has 1 aromatic heterocycles. The van der Waals surface area contributed by atoms with Crippen LogP contribution in [0.4, 0.5) is 0 Å². The van der Waals surface area contributed by atoms with Gasteiger partial charge in [0, 0.05) is 11.8 Å². The van der Waals surface area contributed by atoms with Crippen molar-refractivity contribution in [1.29, 1.82) is 0 Å². The minimum absolute atomic E-state index is 0.255. The first kappa shape index (κ1) is 11.2. The van der Waals surface area contributed by atoms with Crippen molar-refractivity contribution in [2.45, 2.75) is 20.0 Å². The molecule has 0 unspecified atom stereocenters. The Morgan fingerprint density at radius 2 is 2.27 bits per heavy atom. The molecule has 0 saturated heterocycles. The first-order valence-corrected chi connectivity index (χ1v) is 4.57. The van der Waals surface area contributed by atoms with Crippen LogP contribution in [-0.4, -0.2) is 17.1 Å². The highest BCUT2D eigenvalue weighted by Gasteiger charge is 2.10. The number of hydrogen-bond donors (Lipinski definition) is 1. The van der Waals surface area contributed by atoms with E-state index in [0.29, 0.717) is 5.69 Å². The summed E-state index contributed by atoms with van der Waals surface area (Å²) in [6.45, 7) is 6.90. The van der Waals surface area contributed by atoms with Gasteiger partial charge in [0.15, 0.2) is 0 Å². The molecule has 4 nitrogen and oxygen atoms in total. The summed E-state index contributed by atoms with van der Waals surface area (Å²) in [7, 11) is 0. The summed E-state index contributed by atoms with van der Waals surface area (Å²) in [6.07, 6.45) is 1.15. The number of ether oxygens (including phenoxy) is 1. The lowest BCUT2D eigenvalue weighted by atomic mass is 10.2. The van der Waals surface area contributed by atoms with Crippen LogP contribution in [0.5, 0.6) is 0 Å². The van der Waals surface area contributed by atoms with Gasteiger partial charge in [-0.05, 0) is 19.9 Å². The van der Waals surface area contributed by atoms with Gasteiger partial charge in [-0.25, -0.2) is 4.79 Å². The highest BCUT2D eigenvalue weighted by atomic mass is 16.5. The number of H-pyrrole nitrogens is 1. The van der Waals surface area contributed by atoms with E-state index in [0.717, 1.165) is 0 Å². The van der Waals surface area contributed by atoms with Gasteiger partial charge >= 0.3 is 5.97 Å². The lowest BCUT2D eigenvalue weighted by molar-refractivity contribution is 0.0424. The molecule has 0 aliphatic rings. The Morgan fingerprint density at radius 3 is 2.80 bits per heavy atom. The van der Waals surface area contributed by atoms with Gasteiger partial charge in [0.2, 0.25) is 5.56 Å². The number of esters is 1. The van der Waals surface area contributed by atoms with Crippen LogP contribution in [0.25, 0.3) is 0 Å². The van der Waals surface area contributed by atoms with E-state index in [9.17, 15) is 9.59 Å². The van der Waals surface area contributed by atoms with Crippen molar-refractivity contribution in [3.05, 3.63) is 46.4 Å². The molecular weight excluding hydrogens is 194 g/mol. The normalized spacial score (nSPS) is 11.9. The molecule has 0 saturated carbocycles. The fraction of sp³-hybridized carbons (Fsp3) is 0.273. The highest BCUT2D eigenvalue weighted by Crippen LogP contribution is 2.03. The van der Waals surface area contributed by atoms with E-state index in [1.807, 2.05) is 0 Å². The van der Waals surface area contributed by atoms with Crippen LogP contribution in [0.3, 0.4) is 0 Å². The second kappa shape index (κ2) is 4.59. The van der Waals surface area contributed by atoms with Crippen LogP contribution >= 0.6 is 0 Å². The number of nitrogens with one attached hydrogen (secondary N) is 1. The Kier molecular flexibility index (Phi) is 3.44. The van der Waals surface area contributed by atoms with Crippen LogP contribution in [0.15, 0.2) is 29.6 Å². The number of pyridine rings is 1. The number of aromatic nitrogens is 1. The summed E-state index contributed by atoms with van der Waals surface area (Å²) in [5.41, 5.74) is 0.568. The van der Waals surface area contributed by atoms with Crippen molar-refractivity contribution in [2.75, 3.05) is 0 Å². The van der Waals surface area contributed by atoms with E-state index in [2.05, 4.69) is 11.6 Å². The zero-order chi connectivity index (χ0) is 11.4. The quantitative estimate of drug-likeness (QED) is 0.602. The number of carbonyl (C=O) groups is 1. The maximum absolute atomic E-state index is 11.5. The van der Waals surface area contributed by atoms with Crippen molar-refractivity contribution in [1.82, 2.24) is 4.98 Å². The molecule has 1 heterocycles. The number of aryl methyl sites for hydroxylation is 1. The molecule has 0 aliphatic carbocycles. The van der Waals surface area contributed by atoms with E-state index in [-0.39, 0.29) is 17.2 Å². The summed E-state index contributed by atoms with van der Waals surface area (Å²) in [4.78, 5) is 25.1. The molecule has 1 rings (SSSR count). The molecule has 15 heavy (non-hydrogen) atoms. The fourth-order valence-electron chi connectivity index (χ4n) is 1.09. The summed E-state index contributed by atoms with van der Waals surface area (Å²) >= 11 is 0. The van der Waals surface area contributed by atoms with Crippen LogP contribution in [0, 0.1) is 6.92 Å². The van der Waals surface area contributed by atoms with Crippen molar-refractivity contribution >= 4 is 5.97 Å². The molecule has 1 N–H and O–H groups in total. The van der Waals surface area contributed by atoms with Gasteiger partial charge < -0.3 is 9.72 Å². The van der Waals surface area contributed by atoms with Crippen molar-refractivity contribution in [3.63, 3.8) is 0 Å². The lowest BCUT2D eigenvalue weighted by Gasteiger charge is -2.08. The highest BCUT2D eigenvalue weighted by molar-refractivity contribution is 5.89. The maximum atomic E-state index is 11.5. The predicted molar refractivity (Wildman–Crippen MR) is 56.9 cm³/mol. The van der Waals surface area contributed by atoms with Gasteiger partial charge in [0.25, 0.3) is 0 Å². The molecule has 0 aliphatic heterocycles. The van der Waals surface area contributed by atoms with Crippen molar-refractivity contribution in [3.8, 4) is 0 Å². The van der Waals surface area contributed by atoms with E-state index in [4.69, 9.17) is 4.74 Å². The number of carbonyl (C=O) groups excluding carboxylic acids is 1. The van der Waals surface area contributed by atoms with Gasteiger partial charge in [0.05, 0.1) is 5.56 Å². The van der Waals surface area contributed by atoms with Gasteiger partial charge in [-0.2, -0.15) is 0 Å². The standard InChI is InChI=1S/C11H13NO3/c1-4-8(3)15-11(14)9-5-7(2)12-10(13)6-9/h4-6,8H,1H2,2-3H3,(H,12,13)/t8-/m1/s1. The lowest BCUT2D eigenvalue weighted by Crippen LogP contribution is -2.16. The van der Waals surface area contributed by atoms with Gasteiger partial charge in [-0.1, -0.05) is 12.7 Å². The smallest absolute Gasteiger partial charge is 0.338 e. The molecular formula is C11H13NO3. The van der Waals surface area contributed by atoms with Gasteiger partial charge in [-0.15, -0.1) is 0 Å². The van der Waals surface area contributed by atoms with Gasteiger partial charge in [0.1, 0.15) is 6.10 Å². The summed E-state index contributed by atoms with van der Waals surface area (Å²) in [5, 5.41) is 0. The Bertz CT molecular complexity index is 434. The minimum atomic E-state index is -0.517. The van der Waals surface area contributed by atoms with E-state index < -0.39 is 5.97 Å². The number of hydrogen-bond acceptors (Lipinski definition) is 3. The van der Waals surface area contributed by atoms with Crippen LogP contribution in [-0.2, 0) is 4.74 Å². The maximum Gasteiger partial charge on any atom is 0.338 e. The number of rotatable bonds is 3. The summed E-state index contributed by atoms with van der Waals surface area (Å²) < 4.78 is 4.99. The average Bonchev–Trinajstić information content (AvgIpc) is 2.16. The van der Waals surface area contributed by atoms with Crippen molar-refractivity contribution < 1.29 is 9.53 Å². The second-order valence-corrected chi connectivity index (χ2v) is 3.26. The van der Waals surface area contributed by atoms with Crippen LogP contribution in [0.1, 0.15) is 23.0 Å². The zero-order valence-electron chi connectivity index (χ0n) is 8.74. The second-order valence-electron chi connectivity index (χ2n) is 3.26. The fourth-order valence-corrected chi connectivity index (χ4v) is 1.09. The van der Waals surface area contributed by atoms with E-state index in [1.165, 1.54) is 12.1 Å².